The van der Waals surface area contributed by atoms with E-state index in [-0.39, 0.29) is 30.8 Å². The largest absolute Gasteiger partial charge is 0.394 e. The smallest absolute Gasteiger partial charge is 0.228 e. The van der Waals surface area contributed by atoms with E-state index >= 15 is 0 Å². The van der Waals surface area contributed by atoms with Gasteiger partial charge in [0, 0.05) is 18.8 Å². The monoisotopic (exact) mass is 322 g/mol. The molecule has 1 aromatic heterocycles. The summed E-state index contributed by atoms with van der Waals surface area (Å²) in [6.07, 6.45) is 0.850. The fourth-order valence-electron chi connectivity index (χ4n) is 1.94. The molecule has 0 radical (unpaired) electrons. The van der Waals surface area contributed by atoms with E-state index in [1.54, 1.807) is 26.1 Å². The Kier molecular flexibility index (Phi) is 5.63. The maximum atomic E-state index is 12.9. The maximum Gasteiger partial charge on any atom is 0.228 e. The van der Waals surface area contributed by atoms with Gasteiger partial charge in [-0.2, -0.15) is 0 Å². The summed E-state index contributed by atoms with van der Waals surface area (Å²) in [5.41, 5.74) is 1.71. The van der Waals surface area contributed by atoms with Gasteiger partial charge in [-0.3, -0.25) is 4.79 Å². The minimum atomic E-state index is -0.254. The van der Waals surface area contributed by atoms with E-state index in [2.05, 4.69) is 4.98 Å². The van der Waals surface area contributed by atoms with Gasteiger partial charge >= 0.3 is 0 Å². The molecular weight excluding hydrogens is 303 g/mol. The second-order valence-electron chi connectivity index (χ2n) is 5.25. The van der Waals surface area contributed by atoms with E-state index in [9.17, 15) is 9.18 Å². The second-order valence-corrected chi connectivity index (χ2v) is 6.19. The summed E-state index contributed by atoms with van der Waals surface area (Å²) in [6, 6.07) is 6.12. The van der Waals surface area contributed by atoms with Gasteiger partial charge in [-0.05, 0) is 24.6 Å². The van der Waals surface area contributed by atoms with Crippen molar-refractivity contribution >= 4 is 17.2 Å². The second kappa shape index (κ2) is 7.47. The highest BCUT2D eigenvalue weighted by Gasteiger charge is 2.16. The molecule has 1 atom stereocenters. The van der Waals surface area contributed by atoms with Crippen LogP contribution >= 0.6 is 11.3 Å². The Labute approximate surface area is 133 Å². The van der Waals surface area contributed by atoms with Crippen LogP contribution in [-0.2, 0) is 17.6 Å². The molecule has 22 heavy (non-hydrogen) atoms. The molecule has 1 aromatic carbocycles. The molecule has 0 saturated carbocycles. The zero-order chi connectivity index (χ0) is 16.1. The van der Waals surface area contributed by atoms with Crippen LogP contribution in [0.25, 0.3) is 0 Å². The molecule has 0 fully saturated rings. The van der Waals surface area contributed by atoms with Gasteiger partial charge in [0.15, 0.2) is 0 Å². The molecule has 1 unspecified atom stereocenters. The molecule has 2 rings (SSSR count). The number of benzene rings is 1. The van der Waals surface area contributed by atoms with E-state index in [1.807, 2.05) is 5.38 Å². The SMILES string of the molecule is CC(CO)N(C)C(=O)Cc1csc(Cc2ccc(F)cc2)n1. The van der Waals surface area contributed by atoms with E-state index in [0.29, 0.717) is 6.42 Å². The molecule has 118 valence electrons. The topological polar surface area (TPSA) is 53.4 Å². The number of hydrogen-bond acceptors (Lipinski definition) is 4. The highest BCUT2D eigenvalue weighted by molar-refractivity contribution is 7.09. The molecule has 0 aliphatic rings. The number of aromatic nitrogens is 1. The molecule has 0 bridgehead atoms. The first-order valence-corrected chi connectivity index (χ1v) is 7.91. The summed E-state index contributed by atoms with van der Waals surface area (Å²) in [4.78, 5) is 18.0. The van der Waals surface area contributed by atoms with Crippen LogP contribution in [0.1, 0.15) is 23.2 Å². The minimum absolute atomic E-state index is 0.0604. The standard InChI is InChI=1S/C16H19FN2O2S/c1-11(9-20)19(2)16(21)8-14-10-22-15(18-14)7-12-3-5-13(17)6-4-12/h3-6,10-11,20H,7-9H2,1-2H3. The summed E-state index contributed by atoms with van der Waals surface area (Å²) in [6.45, 7) is 1.73. The number of aliphatic hydroxyl groups excluding tert-OH is 1. The molecule has 1 amide bonds. The fourth-order valence-corrected chi connectivity index (χ4v) is 2.76. The van der Waals surface area contributed by atoms with E-state index in [0.717, 1.165) is 16.3 Å². The molecular formula is C16H19FN2O2S. The summed E-state index contributed by atoms with van der Waals surface area (Å²) < 4.78 is 12.9. The van der Waals surface area contributed by atoms with Crippen molar-refractivity contribution in [3.05, 3.63) is 51.7 Å². The number of rotatable bonds is 6. The molecule has 0 aliphatic heterocycles. The lowest BCUT2D eigenvalue weighted by Gasteiger charge is -2.22. The van der Waals surface area contributed by atoms with E-state index in [4.69, 9.17) is 5.11 Å². The molecule has 1 N–H and O–H groups in total. The van der Waals surface area contributed by atoms with E-state index < -0.39 is 0 Å². The van der Waals surface area contributed by atoms with Crippen LogP contribution in [0.15, 0.2) is 29.6 Å². The number of nitrogens with zero attached hydrogens (tertiary/aromatic N) is 2. The Morgan fingerprint density at radius 2 is 2.09 bits per heavy atom. The van der Waals surface area contributed by atoms with Crippen molar-refractivity contribution in [2.24, 2.45) is 0 Å². The van der Waals surface area contributed by atoms with Gasteiger partial charge in [0.25, 0.3) is 0 Å². The van der Waals surface area contributed by atoms with Crippen LogP contribution in [0, 0.1) is 5.82 Å². The van der Waals surface area contributed by atoms with Crippen LogP contribution in [0.4, 0.5) is 4.39 Å². The molecule has 1 heterocycles. The Morgan fingerprint density at radius 3 is 2.73 bits per heavy atom. The summed E-state index contributed by atoms with van der Waals surface area (Å²) in [5.74, 6) is -0.324. The third-order valence-electron chi connectivity index (χ3n) is 3.52. The molecule has 0 aliphatic carbocycles. The quantitative estimate of drug-likeness (QED) is 0.887. The Hall–Kier alpha value is -1.79. The number of likely N-dealkylation sites (N-methyl/N-ethyl adjacent to an activating group) is 1. The van der Waals surface area contributed by atoms with Gasteiger partial charge < -0.3 is 10.0 Å². The van der Waals surface area contributed by atoms with Crippen molar-refractivity contribution < 1.29 is 14.3 Å². The summed E-state index contributed by atoms with van der Waals surface area (Å²) >= 11 is 1.49. The van der Waals surface area contributed by atoms with Crippen LogP contribution in [0.3, 0.4) is 0 Å². The predicted octanol–water partition coefficient (Wildman–Crippen LogP) is 2.25. The maximum absolute atomic E-state index is 12.9. The number of halogens is 1. The summed E-state index contributed by atoms with van der Waals surface area (Å²) in [5, 5.41) is 11.8. The van der Waals surface area contributed by atoms with Crippen molar-refractivity contribution in [3.8, 4) is 0 Å². The van der Waals surface area contributed by atoms with Crippen LogP contribution < -0.4 is 0 Å². The fraction of sp³-hybridized carbons (Fsp3) is 0.375. The summed E-state index contributed by atoms with van der Waals surface area (Å²) in [7, 11) is 1.68. The average molecular weight is 322 g/mol. The number of amides is 1. The van der Waals surface area contributed by atoms with Crippen LogP contribution in [-0.4, -0.2) is 40.6 Å². The lowest BCUT2D eigenvalue weighted by Crippen LogP contribution is -2.38. The zero-order valence-corrected chi connectivity index (χ0v) is 13.4. The molecule has 0 saturated heterocycles. The highest BCUT2D eigenvalue weighted by Crippen LogP contribution is 2.16. The predicted molar refractivity (Wildman–Crippen MR) is 84.3 cm³/mol. The number of hydrogen-bond donors (Lipinski definition) is 1. The van der Waals surface area contributed by atoms with Gasteiger partial charge in [0.2, 0.25) is 5.91 Å². The number of carbonyl (C=O) groups is 1. The van der Waals surface area contributed by atoms with Gasteiger partial charge in [0.05, 0.1) is 29.8 Å². The Morgan fingerprint density at radius 1 is 1.41 bits per heavy atom. The molecule has 2 aromatic rings. The number of thiazole rings is 1. The van der Waals surface area contributed by atoms with Crippen LogP contribution in [0.5, 0.6) is 0 Å². The third kappa shape index (κ3) is 4.35. The lowest BCUT2D eigenvalue weighted by molar-refractivity contribution is -0.131. The highest BCUT2D eigenvalue weighted by atomic mass is 32.1. The van der Waals surface area contributed by atoms with Crippen molar-refractivity contribution in [1.29, 1.82) is 0 Å². The molecule has 4 nitrogen and oxygen atoms in total. The first-order chi connectivity index (χ1) is 10.5. The number of carbonyl (C=O) groups excluding carboxylic acids is 1. The van der Waals surface area contributed by atoms with E-state index in [1.165, 1.54) is 28.4 Å². The Balaban J connectivity index is 1.96. The van der Waals surface area contributed by atoms with Crippen LogP contribution in [0.2, 0.25) is 0 Å². The Bertz CT molecular complexity index is 627. The van der Waals surface area contributed by atoms with Crippen molar-refractivity contribution in [2.75, 3.05) is 13.7 Å². The zero-order valence-electron chi connectivity index (χ0n) is 12.6. The first-order valence-electron chi connectivity index (χ1n) is 7.04. The van der Waals surface area contributed by atoms with Crippen molar-refractivity contribution in [2.45, 2.75) is 25.8 Å². The first kappa shape index (κ1) is 16.6. The van der Waals surface area contributed by atoms with Gasteiger partial charge in [-0.1, -0.05) is 12.1 Å². The van der Waals surface area contributed by atoms with Gasteiger partial charge in [-0.25, -0.2) is 9.37 Å². The normalized spacial score (nSPS) is 12.2. The average Bonchev–Trinajstić information content (AvgIpc) is 2.95. The van der Waals surface area contributed by atoms with Gasteiger partial charge in [-0.15, -0.1) is 11.3 Å². The van der Waals surface area contributed by atoms with Gasteiger partial charge in [0.1, 0.15) is 5.82 Å². The van der Waals surface area contributed by atoms with Crippen molar-refractivity contribution in [3.63, 3.8) is 0 Å². The molecule has 0 spiro atoms. The molecule has 6 heteroatoms. The lowest BCUT2D eigenvalue weighted by atomic mass is 10.1. The van der Waals surface area contributed by atoms with Crippen molar-refractivity contribution in [1.82, 2.24) is 9.88 Å². The minimum Gasteiger partial charge on any atom is -0.394 e. The third-order valence-corrected chi connectivity index (χ3v) is 4.42. The number of aliphatic hydroxyl groups is 1.